The SMILES string of the molecule is CCC(C)CC(CC)Nc1cccc(COCCOC)c1. The Balaban J connectivity index is 2.50. The second-order valence-electron chi connectivity index (χ2n) is 5.74. The number of nitrogens with one attached hydrogen (secondary N) is 1. The second-order valence-corrected chi connectivity index (χ2v) is 5.74. The third-order valence-corrected chi connectivity index (χ3v) is 3.87. The van der Waals surface area contributed by atoms with Crippen molar-refractivity contribution in [1.29, 1.82) is 0 Å². The van der Waals surface area contributed by atoms with Gasteiger partial charge in [-0.25, -0.2) is 0 Å². The van der Waals surface area contributed by atoms with Crippen LogP contribution in [0.25, 0.3) is 0 Å². The highest BCUT2D eigenvalue weighted by molar-refractivity contribution is 5.46. The number of anilines is 1. The van der Waals surface area contributed by atoms with Crippen molar-refractivity contribution in [1.82, 2.24) is 0 Å². The molecule has 0 amide bonds. The Morgan fingerprint density at radius 3 is 2.62 bits per heavy atom. The number of methoxy groups -OCH3 is 1. The summed E-state index contributed by atoms with van der Waals surface area (Å²) in [7, 11) is 1.69. The maximum Gasteiger partial charge on any atom is 0.0718 e. The van der Waals surface area contributed by atoms with Crippen molar-refractivity contribution in [2.75, 3.05) is 25.6 Å². The van der Waals surface area contributed by atoms with E-state index in [0.717, 1.165) is 12.3 Å². The average Bonchev–Trinajstić information content (AvgIpc) is 2.51. The zero-order valence-corrected chi connectivity index (χ0v) is 14.0. The van der Waals surface area contributed by atoms with E-state index in [0.29, 0.717) is 25.9 Å². The molecule has 0 radical (unpaired) electrons. The lowest BCUT2D eigenvalue weighted by Gasteiger charge is -2.21. The summed E-state index contributed by atoms with van der Waals surface area (Å²) < 4.78 is 10.6. The largest absolute Gasteiger partial charge is 0.382 e. The van der Waals surface area contributed by atoms with Gasteiger partial charge in [-0.15, -0.1) is 0 Å². The normalized spacial score (nSPS) is 13.9. The molecule has 0 aromatic heterocycles. The van der Waals surface area contributed by atoms with E-state index in [1.807, 2.05) is 0 Å². The maximum absolute atomic E-state index is 5.58. The summed E-state index contributed by atoms with van der Waals surface area (Å²) >= 11 is 0. The van der Waals surface area contributed by atoms with Gasteiger partial charge in [-0.05, 0) is 36.5 Å². The number of hydrogen-bond acceptors (Lipinski definition) is 3. The fourth-order valence-corrected chi connectivity index (χ4v) is 2.30. The molecule has 0 aliphatic heterocycles. The van der Waals surface area contributed by atoms with Gasteiger partial charge in [0.25, 0.3) is 0 Å². The van der Waals surface area contributed by atoms with Crippen molar-refractivity contribution in [3.63, 3.8) is 0 Å². The number of ether oxygens (including phenoxy) is 2. The van der Waals surface area contributed by atoms with Crippen molar-refractivity contribution in [3.05, 3.63) is 29.8 Å². The molecule has 120 valence electrons. The third-order valence-electron chi connectivity index (χ3n) is 3.87. The molecule has 0 saturated heterocycles. The van der Waals surface area contributed by atoms with E-state index in [-0.39, 0.29) is 0 Å². The molecule has 0 heterocycles. The summed E-state index contributed by atoms with van der Waals surface area (Å²) in [5, 5.41) is 3.66. The van der Waals surface area contributed by atoms with Gasteiger partial charge in [0, 0.05) is 18.8 Å². The fourth-order valence-electron chi connectivity index (χ4n) is 2.30. The number of hydrogen-bond donors (Lipinski definition) is 1. The van der Waals surface area contributed by atoms with Crippen LogP contribution in [0, 0.1) is 5.92 Å². The molecular formula is C18H31NO2. The van der Waals surface area contributed by atoms with E-state index in [1.54, 1.807) is 7.11 Å². The van der Waals surface area contributed by atoms with Crippen molar-refractivity contribution in [3.8, 4) is 0 Å². The average molecular weight is 293 g/mol. The van der Waals surface area contributed by atoms with E-state index in [2.05, 4.69) is 50.4 Å². The highest BCUT2D eigenvalue weighted by Crippen LogP contribution is 2.18. The Morgan fingerprint density at radius 2 is 1.95 bits per heavy atom. The van der Waals surface area contributed by atoms with Gasteiger partial charge in [-0.2, -0.15) is 0 Å². The van der Waals surface area contributed by atoms with Crippen LogP contribution in [-0.2, 0) is 16.1 Å². The lowest BCUT2D eigenvalue weighted by atomic mass is 9.97. The Bertz CT molecular complexity index is 381. The standard InChI is InChI=1S/C18H31NO2/c1-5-15(3)12-17(6-2)19-18-9-7-8-16(13-18)14-21-11-10-20-4/h7-9,13,15,17,19H,5-6,10-12,14H2,1-4H3. The van der Waals surface area contributed by atoms with Crippen LogP contribution in [0.3, 0.4) is 0 Å². The molecule has 0 aliphatic rings. The molecule has 3 heteroatoms. The fraction of sp³-hybridized carbons (Fsp3) is 0.667. The first kappa shape index (κ1) is 18.0. The predicted octanol–water partition coefficient (Wildman–Crippen LogP) is 4.48. The Kier molecular flexibility index (Phi) is 9.11. The van der Waals surface area contributed by atoms with Crippen LogP contribution in [0.5, 0.6) is 0 Å². The highest BCUT2D eigenvalue weighted by atomic mass is 16.5. The highest BCUT2D eigenvalue weighted by Gasteiger charge is 2.10. The quantitative estimate of drug-likeness (QED) is 0.610. The van der Waals surface area contributed by atoms with Gasteiger partial charge in [-0.1, -0.05) is 39.3 Å². The molecule has 0 fully saturated rings. The lowest BCUT2D eigenvalue weighted by Crippen LogP contribution is -2.21. The van der Waals surface area contributed by atoms with Crippen molar-refractivity contribution in [2.24, 2.45) is 5.92 Å². The molecule has 0 aliphatic carbocycles. The van der Waals surface area contributed by atoms with E-state index in [4.69, 9.17) is 9.47 Å². The van der Waals surface area contributed by atoms with Gasteiger partial charge in [0.1, 0.15) is 0 Å². The topological polar surface area (TPSA) is 30.5 Å². The summed E-state index contributed by atoms with van der Waals surface area (Å²) in [4.78, 5) is 0. The van der Waals surface area contributed by atoms with Crippen molar-refractivity contribution >= 4 is 5.69 Å². The molecule has 0 spiro atoms. The Labute approximate surface area is 130 Å². The summed E-state index contributed by atoms with van der Waals surface area (Å²) in [6.45, 7) is 8.75. The van der Waals surface area contributed by atoms with Gasteiger partial charge in [0.05, 0.1) is 19.8 Å². The van der Waals surface area contributed by atoms with Crippen LogP contribution in [0.1, 0.15) is 45.6 Å². The molecule has 0 bridgehead atoms. The van der Waals surface area contributed by atoms with Gasteiger partial charge in [0.2, 0.25) is 0 Å². The molecule has 0 saturated carbocycles. The molecule has 3 nitrogen and oxygen atoms in total. The molecular weight excluding hydrogens is 262 g/mol. The van der Waals surface area contributed by atoms with E-state index in [1.165, 1.54) is 24.1 Å². The van der Waals surface area contributed by atoms with Crippen LogP contribution in [0.4, 0.5) is 5.69 Å². The van der Waals surface area contributed by atoms with E-state index in [9.17, 15) is 0 Å². The van der Waals surface area contributed by atoms with Gasteiger partial charge >= 0.3 is 0 Å². The van der Waals surface area contributed by atoms with Crippen LogP contribution in [0.15, 0.2) is 24.3 Å². The van der Waals surface area contributed by atoms with Gasteiger partial charge < -0.3 is 14.8 Å². The molecule has 1 aromatic carbocycles. The summed E-state index contributed by atoms with van der Waals surface area (Å²) in [5.74, 6) is 0.767. The summed E-state index contributed by atoms with van der Waals surface area (Å²) in [6.07, 6.45) is 3.62. The zero-order chi connectivity index (χ0) is 15.5. The molecule has 2 atom stereocenters. The minimum atomic E-state index is 0.546. The third kappa shape index (κ3) is 7.49. The van der Waals surface area contributed by atoms with Crippen LogP contribution in [0.2, 0.25) is 0 Å². The maximum atomic E-state index is 5.58. The molecule has 1 N–H and O–H groups in total. The predicted molar refractivity (Wildman–Crippen MR) is 89.7 cm³/mol. The van der Waals surface area contributed by atoms with E-state index < -0.39 is 0 Å². The Hall–Kier alpha value is -1.06. The second kappa shape index (κ2) is 10.6. The zero-order valence-electron chi connectivity index (χ0n) is 14.0. The summed E-state index contributed by atoms with van der Waals surface area (Å²) in [6, 6.07) is 9.06. The smallest absolute Gasteiger partial charge is 0.0718 e. The molecule has 21 heavy (non-hydrogen) atoms. The molecule has 1 rings (SSSR count). The van der Waals surface area contributed by atoms with Crippen LogP contribution in [-0.4, -0.2) is 26.4 Å². The minimum Gasteiger partial charge on any atom is -0.382 e. The van der Waals surface area contributed by atoms with Crippen molar-refractivity contribution < 1.29 is 9.47 Å². The first-order valence-corrected chi connectivity index (χ1v) is 8.11. The number of benzene rings is 1. The summed E-state index contributed by atoms with van der Waals surface area (Å²) in [5.41, 5.74) is 2.40. The molecule has 1 aromatic rings. The van der Waals surface area contributed by atoms with Crippen LogP contribution < -0.4 is 5.32 Å². The van der Waals surface area contributed by atoms with Crippen molar-refractivity contribution in [2.45, 2.75) is 52.7 Å². The van der Waals surface area contributed by atoms with E-state index >= 15 is 0 Å². The molecule has 2 unspecified atom stereocenters. The van der Waals surface area contributed by atoms with Gasteiger partial charge in [0.15, 0.2) is 0 Å². The minimum absolute atomic E-state index is 0.546. The number of rotatable bonds is 11. The first-order valence-electron chi connectivity index (χ1n) is 8.11. The lowest BCUT2D eigenvalue weighted by molar-refractivity contribution is 0.0617. The monoisotopic (exact) mass is 293 g/mol. The first-order chi connectivity index (χ1) is 10.2. The Morgan fingerprint density at radius 1 is 1.14 bits per heavy atom. The van der Waals surface area contributed by atoms with Crippen LogP contribution >= 0.6 is 0 Å². The van der Waals surface area contributed by atoms with Gasteiger partial charge in [-0.3, -0.25) is 0 Å².